The number of nitrogens with two attached hydrogens (primary N) is 1. The number of nitrogens with zero attached hydrogens (tertiary/aromatic N) is 2. The molecule has 1 atom stereocenters. The van der Waals surface area contributed by atoms with E-state index in [-0.39, 0.29) is 6.04 Å². The van der Waals surface area contributed by atoms with Gasteiger partial charge in [0.15, 0.2) is 0 Å². The molecule has 104 valence electrons. The lowest BCUT2D eigenvalue weighted by Gasteiger charge is -2.16. The molecule has 18 heavy (non-hydrogen) atoms. The Hall–Kier alpha value is -0.620. The van der Waals surface area contributed by atoms with Crippen LogP contribution in [0.1, 0.15) is 32.2 Å². The van der Waals surface area contributed by atoms with Crippen molar-refractivity contribution in [3.05, 3.63) is 16.4 Å². The maximum Gasteiger partial charge on any atom is 0.0850 e. The van der Waals surface area contributed by atoms with E-state index >= 15 is 0 Å². The molecule has 6 heteroatoms. The van der Waals surface area contributed by atoms with Gasteiger partial charge >= 0.3 is 0 Å². The molecule has 0 radical (unpaired) electrons. The number of halogens is 1. The smallest absolute Gasteiger partial charge is 0.0850 e. The minimum atomic E-state index is 0.0501. The normalized spacial score (nSPS) is 12.9. The zero-order valence-corrected chi connectivity index (χ0v) is 12.1. The zero-order valence-electron chi connectivity index (χ0n) is 11.4. The number of nitrogens with one attached hydrogen (secondary N) is 1. The van der Waals surface area contributed by atoms with Crippen molar-refractivity contribution >= 4 is 11.6 Å². The van der Waals surface area contributed by atoms with Gasteiger partial charge in [0.25, 0.3) is 0 Å². The van der Waals surface area contributed by atoms with E-state index < -0.39 is 0 Å². The maximum absolute atomic E-state index is 6.35. The average molecular weight is 275 g/mol. The summed E-state index contributed by atoms with van der Waals surface area (Å²) in [6, 6.07) is 0.0501. The molecule has 0 amide bonds. The van der Waals surface area contributed by atoms with Crippen LogP contribution in [0.25, 0.3) is 0 Å². The minimum absolute atomic E-state index is 0.0501. The molecule has 1 heterocycles. The molecule has 0 aliphatic rings. The Bertz CT molecular complexity index is 367. The average Bonchev–Trinajstić information content (AvgIpc) is 2.70. The highest BCUT2D eigenvalue weighted by Crippen LogP contribution is 2.22. The third-order valence-corrected chi connectivity index (χ3v) is 3.33. The van der Waals surface area contributed by atoms with Crippen molar-refractivity contribution in [2.24, 2.45) is 5.84 Å². The lowest BCUT2D eigenvalue weighted by atomic mass is 10.1. The van der Waals surface area contributed by atoms with Gasteiger partial charge in [-0.05, 0) is 20.3 Å². The van der Waals surface area contributed by atoms with Crippen molar-refractivity contribution < 1.29 is 4.74 Å². The molecule has 0 fully saturated rings. The van der Waals surface area contributed by atoms with E-state index in [4.69, 9.17) is 22.2 Å². The van der Waals surface area contributed by atoms with Crippen molar-refractivity contribution in [3.8, 4) is 0 Å². The van der Waals surface area contributed by atoms with Crippen LogP contribution in [0.2, 0.25) is 5.02 Å². The summed E-state index contributed by atoms with van der Waals surface area (Å²) in [4.78, 5) is 0. The van der Waals surface area contributed by atoms with E-state index in [1.54, 1.807) is 0 Å². The molecule has 0 saturated heterocycles. The second-order valence-corrected chi connectivity index (χ2v) is 4.48. The number of aryl methyl sites for hydroxylation is 2. The molecule has 1 aromatic heterocycles. The van der Waals surface area contributed by atoms with Crippen LogP contribution in [0, 0.1) is 0 Å². The van der Waals surface area contributed by atoms with Crippen LogP contribution in [-0.2, 0) is 24.1 Å². The molecule has 1 rings (SSSR count). The van der Waals surface area contributed by atoms with E-state index in [0.717, 1.165) is 35.8 Å². The van der Waals surface area contributed by atoms with Gasteiger partial charge in [-0.2, -0.15) is 5.10 Å². The summed E-state index contributed by atoms with van der Waals surface area (Å²) in [6.07, 6.45) is 1.56. The predicted molar refractivity (Wildman–Crippen MR) is 73.6 cm³/mol. The predicted octanol–water partition coefficient (Wildman–Crippen LogP) is 1.53. The summed E-state index contributed by atoms with van der Waals surface area (Å²) in [5, 5.41) is 5.25. The number of rotatable bonds is 8. The van der Waals surface area contributed by atoms with E-state index in [1.807, 2.05) is 11.6 Å². The summed E-state index contributed by atoms with van der Waals surface area (Å²) in [5.74, 6) is 5.54. The van der Waals surface area contributed by atoms with Crippen molar-refractivity contribution in [2.75, 3.05) is 13.2 Å². The standard InChI is InChI=1S/C12H23ClN4O/c1-4-10-12(13)11(17(5-2)16-10)7-9(15-14)8-18-6-3/h9,15H,4-8,14H2,1-3H3. The lowest BCUT2D eigenvalue weighted by Crippen LogP contribution is -2.40. The van der Waals surface area contributed by atoms with Crippen LogP contribution < -0.4 is 11.3 Å². The van der Waals surface area contributed by atoms with Crippen LogP contribution in [-0.4, -0.2) is 29.0 Å². The molecule has 5 nitrogen and oxygen atoms in total. The molecule has 0 saturated carbocycles. The molecule has 0 bridgehead atoms. The van der Waals surface area contributed by atoms with Gasteiger partial charge in [-0.15, -0.1) is 0 Å². The first-order valence-electron chi connectivity index (χ1n) is 6.45. The van der Waals surface area contributed by atoms with Gasteiger partial charge in [0.05, 0.1) is 23.0 Å². The fourth-order valence-electron chi connectivity index (χ4n) is 1.87. The number of aromatic nitrogens is 2. The largest absolute Gasteiger partial charge is 0.380 e. The van der Waals surface area contributed by atoms with Crippen LogP contribution in [0.5, 0.6) is 0 Å². The molecular weight excluding hydrogens is 252 g/mol. The molecular formula is C12H23ClN4O. The van der Waals surface area contributed by atoms with E-state index in [0.29, 0.717) is 13.2 Å². The van der Waals surface area contributed by atoms with Crippen molar-refractivity contribution in [1.82, 2.24) is 15.2 Å². The fraction of sp³-hybridized carbons (Fsp3) is 0.750. The highest BCUT2D eigenvalue weighted by Gasteiger charge is 2.18. The van der Waals surface area contributed by atoms with Crippen molar-refractivity contribution in [1.29, 1.82) is 0 Å². The first kappa shape index (κ1) is 15.4. The third kappa shape index (κ3) is 3.68. The zero-order chi connectivity index (χ0) is 13.5. The van der Waals surface area contributed by atoms with E-state index in [9.17, 15) is 0 Å². The number of hydrogen-bond acceptors (Lipinski definition) is 4. The van der Waals surface area contributed by atoms with Crippen LogP contribution >= 0.6 is 11.6 Å². The third-order valence-electron chi connectivity index (χ3n) is 2.89. The fourth-order valence-corrected chi connectivity index (χ4v) is 2.22. The molecule has 1 unspecified atom stereocenters. The maximum atomic E-state index is 6.35. The Labute approximate surface area is 114 Å². The summed E-state index contributed by atoms with van der Waals surface area (Å²) < 4.78 is 7.33. The van der Waals surface area contributed by atoms with Crippen LogP contribution in [0.3, 0.4) is 0 Å². The highest BCUT2D eigenvalue weighted by molar-refractivity contribution is 6.31. The van der Waals surface area contributed by atoms with Gasteiger partial charge in [-0.25, -0.2) is 0 Å². The van der Waals surface area contributed by atoms with Crippen LogP contribution in [0.4, 0.5) is 0 Å². The Morgan fingerprint density at radius 3 is 2.67 bits per heavy atom. The molecule has 0 aliphatic carbocycles. The SMILES string of the molecule is CCOCC(Cc1c(Cl)c(CC)nn1CC)NN. The molecule has 0 spiro atoms. The van der Waals surface area contributed by atoms with Gasteiger partial charge < -0.3 is 4.74 Å². The Morgan fingerprint density at radius 1 is 1.44 bits per heavy atom. The van der Waals surface area contributed by atoms with Gasteiger partial charge in [0.1, 0.15) is 0 Å². The second-order valence-electron chi connectivity index (χ2n) is 4.10. The summed E-state index contributed by atoms with van der Waals surface area (Å²) in [5.41, 5.74) is 4.74. The van der Waals surface area contributed by atoms with Crippen molar-refractivity contribution in [3.63, 3.8) is 0 Å². The number of hydrazine groups is 1. The molecule has 3 N–H and O–H groups in total. The Morgan fingerprint density at radius 2 is 2.17 bits per heavy atom. The van der Waals surface area contributed by atoms with Gasteiger partial charge in [-0.1, -0.05) is 18.5 Å². The van der Waals surface area contributed by atoms with Crippen molar-refractivity contribution in [2.45, 2.75) is 46.2 Å². The van der Waals surface area contributed by atoms with E-state index in [2.05, 4.69) is 24.4 Å². The molecule has 0 aromatic carbocycles. The van der Waals surface area contributed by atoms with E-state index in [1.165, 1.54) is 0 Å². The summed E-state index contributed by atoms with van der Waals surface area (Å²) in [6.45, 7) is 8.13. The minimum Gasteiger partial charge on any atom is -0.380 e. The monoisotopic (exact) mass is 274 g/mol. The van der Waals surface area contributed by atoms with Gasteiger partial charge in [0.2, 0.25) is 0 Å². The summed E-state index contributed by atoms with van der Waals surface area (Å²) >= 11 is 6.35. The first-order chi connectivity index (χ1) is 8.67. The van der Waals surface area contributed by atoms with Gasteiger partial charge in [0, 0.05) is 25.6 Å². The number of ether oxygens (including phenoxy) is 1. The highest BCUT2D eigenvalue weighted by atomic mass is 35.5. The Balaban J connectivity index is 2.83. The molecule has 1 aromatic rings. The topological polar surface area (TPSA) is 65.1 Å². The summed E-state index contributed by atoms with van der Waals surface area (Å²) in [7, 11) is 0. The van der Waals surface area contributed by atoms with Gasteiger partial charge in [-0.3, -0.25) is 16.0 Å². The Kier molecular flexibility index (Phi) is 6.63. The first-order valence-corrected chi connectivity index (χ1v) is 6.83. The molecule has 0 aliphatic heterocycles. The number of hydrogen-bond donors (Lipinski definition) is 2. The second kappa shape index (κ2) is 7.74. The lowest BCUT2D eigenvalue weighted by molar-refractivity contribution is 0.122. The van der Waals surface area contributed by atoms with Crippen LogP contribution in [0.15, 0.2) is 0 Å². The quantitative estimate of drug-likeness (QED) is 0.557.